The maximum absolute atomic E-state index is 11.7. The summed E-state index contributed by atoms with van der Waals surface area (Å²) in [6.45, 7) is -0.106. The van der Waals surface area contributed by atoms with Crippen LogP contribution in [0.1, 0.15) is 12.8 Å². The highest BCUT2D eigenvalue weighted by Gasteiger charge is 2.23. The molecule has 5 heteroatoms. The van der Waals surface area contributed by atoms with Crippen molar-refractivity contribution in [2.75, 3.05) is 13.2 Å². The van der Waals surface area contributed by atoms with Gasteiger partial charge in [0.1, 0.15) is 5.75 Å². The largest absolute Gasteiger partial charge is 0.484 e. The molecule has 2 aromatic carbocycles. The maximum atomic E-state index is 11.7. The summed E-state index contributed by atoms with van der Waals surface area (Å²) in [4.78, 5) is 23.1. The van der Waals surface area contributed by atoms with Crippen LogP contribution in [0.25, 0.3) is 10.8 Å². The van der Waals surface area contributed by atoms with Crippen LogP contribution in [0, 0.1) is 0 Å². The van der Waals surface area contributed by atoms with E-state index >= 15 is 0 Å². The fourth-order valence-electron chi connectivity index (χ4n) is 2.14. The third kappa shape index (κ3) is 3.97. The molecule has 0 aliphatic heterocycles. The Hall–Kier alpha value is -2.56. The van der Waals surface area contributed by atoms with Crippen molar-refractivity contribution >= 4 is 22.6 Å². The Balaban J connectivity index is 1.45. The smallest absolute Gasteiger partial charge is 0.258 e. The first-order valence-corrected chi connectivity index (χ1v) is 7.38. The molecule has 0 bridgehead atoms. The van der Waals surface area contributed by atoms with Gasteiger partial charge in [0.25, 0.3) is 5.91 Å². The van der Waals surface area contributed by atoms with E-state index in [2.05, 4.69) is 10.6 Å². The van der Waals surface area contributed by atoms with Gasteiger partial charge < -0.3 is 15.4 Å². The van der Waals surface area contributed by atoms with Crippen molar-refractivity contribution in [2.24, 2.45) is 0 Å². The molecule has 2 N–H and O–H groups in total. The molecule has 22 heavy (non-hydrogen) atoms. The molecule has 1 fully saturated rings. The van der Waals surface area contributed by atoms with E-state index in [1.807, 2.05) is 42.5 Å². The normalized spacial score (nSPS) is 13.6. The van der Waals surface area contributed by atoms with Crippen molar-refractivity contribution in [1.82, 2.24) is 10.6 Å². The Labute approximate surface area is 128 Å². The Morgan fingerprint density at radius 1 is 1.05 bits per heavy atom. The van der Waals surface area contributed by atoms with E-state index in [1.165, 1.54) is 0 Å². The highest BCUT2D eigenvalue weighted by atomic mass is 16.5. The third-order valence-electron chi connectivity index (χ3n) is 3.48. The number of hydrogen-bond donors (Lipinski definition) is 2. The number of amides is 2. The minimum absolute atomic E-state index is 0.00356. The van der Waals surface area contributed by atoms with Crippen molar-refractivity contribution in [3.63, 3.8) is 0 Å². The molecular formula is C17H18N2O3. The van der Waals surface area contributed by atoms with Crippen molar-refractivity contribution in [1.29, 1.82) is 0 Å². The van der Waals surface area contributed by atoms with E-state index in [-0.39, 0.29) is 25.0 Å². The number of benzene rings is 2. The molecule has 0 unspecified atom stereocenters. The summed E-state index contributed by atoms with van der Waals surface area (Å²) in [6, 6.07) is 13.9. The van der Waals surface area contributed by atoms with Gasteiger partial charge >= 0.3 is 0 Å². The molecule has 1 saturated carbocycles. The Bertz CT molecular complexity index is 695. The molecule has 2 amide bonds. The van der Waals surface area contributed by atoms with Crippen LogP contribution in [-0.2, 0) is 9.59 Å². The molecular weight excluding hydrogens is 280 g/mol. The Morgan fingerprint density at radius 2 is 1.82 bits per heavy atom. The standard InChI is InChI=1S/C17H18N2O3/c20-16(19-14-6-7-14)10-18-17(21)11-22-15-8-5-12-3-1-2-4-13(12)9-15/h1-5,8-9,14H,6-7,10-11H2,(H,18,21)(H,19,20). The SMILES string of the molecule is O=C(COc1ccc2ccccc2c1)NCC(=O)NC1CC1. The number of carbonyl (C=O) groups is 2. The van der Waals surface area contributed by atoms with Gasteiger partial charge in [-0.05, 0) is 35.7 Å². The molecule has 3 rings (SSSR count). The van der Waals surface area contributed by atoms with E-state index in [1.54, 1.807) is 0 Å². The van der Waals surface area contributed by atoms with Crippen molar-refractivity contribution in [3.05, 3.63) is 42.5 Å². The number of nitrogens with one attached hydrogen (secondary N) is 2. The van der Waals surface area contributed by atoms with Gasteiger partial charge in [0.05, 0.1) is 6.54 Å². The molecule has 0 radical (unpaired) electrons. The monoisotopic (exact) mass is 298 g/mol. The molecule has 1 aliphatic rings. The number of fused-ring (bicyclic) bond motifs is 1. The van der Waals surface area contributed by atoms with Gasteiger partial charge in [-0.25, -0.2) is 0 Å². The molecule has 0 saturated heterocycles. The Kier molecular flexibility index (Phi) is 4.23. The number of carbonyl (C=O) groups excluding carboxylic acids is 2. The van der Waals surface area contributed by atoms with Gasteiger partial charge in [-0.3, -0.25) is 9.59 Å². The summed E-state index contributed by atoms with van der Waals surface area (Å²) in [7, 11) is 0. The summed E-state index contributed by atoms with van der Waals surface area (Å²) in [5, 5.41) is 7.54. The average molecular weight is 298 g/mol. The predicted molar refractivity (Wildman–Crippen MR) is 83.6 cm³/mol. The average Bonchev–Trinajstić information content (AvgIpc) is 3.34. The zero-order valence-electron chi connectivity index (χ0n) is 12.2. The third-order valence-corrected chi connectivity index (χ3v) is 3.48. The van der Waals surface area contributed by atoms with Crippen LogP contribution in [0.3, 0.4) is 0 Å². The topological polar surface area (TPSA) is 67.4 Å². The summed E-state index contributed by atoms with van der Waals surface area (Å²) >= 11 is 0. The predicted octanol–water partition coefficient (Wildman–Crippen LogP) is 1.61. The van der Waals surface area contributed by atoms with Gasteiger partial charge in [0.2, 0.25) is 5.91 Å². The number of rotatable bonds is 6. The quantitative estimate of drug-likeness (QED) is 0.851. The van der Waals surface area contributed by atoms with Crippen LogP contribution in [-0.4, -0.2) is 31.0 Å². The zero-order valence-corrected chi connectivity index (χ0v) is 12.2. The van der Waals surface area contributed by atoms with Crippen LogP contribution in [0.15, 0.2) is 42.5 Å². The lowest BCUT2D eigenvalue weighted by Crippen LogP contribution is -2.39. The molecule has 0 atom stereocenters. The zero-order chi connectivity index (χ0) is 15.4. The molecule has 0 spiro atoms. The van der Waals surface area contributed by atoms with Gasteiger partial charge in [0.15, 0.2) is 6.61 Å². The number of hydrogen-bond acceptors (Lipinski definition) is 3. The second-order valence-corrected chi connectivity index (χ2v) is 5.42. The van der Waals surface area contributed by atoms with Gasteiger partial charge in [-0.15, -0.1) is 0 Å². The fourth-order valence-corrected chi connectivity index (χ4v) is 2.14. The first-order chi connectivity index (χ1) is 10.7. The molecule has 0 aromatic heterocycles. The summed E-state index contributed by atoms with van der Waals surface area (Å²) in [5.74, 6) is 0.178. The molecule has 5 nitrogen and oxygen atoms in total. The molecule has 0 heterocycles. The van der Waals surface area contributed by atoms with Gasteiger partial charge in [-0.1, -0.05) is 30.3 Å². The highest BCUT2D eigenvalue weighted by molar-refractivity contribution is 5.86. The first kappa shape index (κ1) is 14.4. The van der Waals surface area contributed by atoms with Crippen molar-refractivity contribution < 1.29 is 14.3 Å². The maximum Gasteiger partial charge on any atom is 0.258 e. The van der Waals surface area contributed by atoms with E-state index in [4.69, 9.17) is 4.74 Å². The molecule has 1 aliphatic carbocycles. The van der Waals surface area contributed by atoms with Crippen LogP contribution < -0.4 is 15.4 Å². The van der Waals surface area contributed by atoms with E-state index in [0.29, 0.717) is 11.8 Å². The summed E-state index contributed by atoms with van der Waals surface area (Å²) in [5.41, 5.74) is 0. The Morgan fingerprint density at radius 3 is 2.59 bits per heavy atom. The lowest BCUT2D eigenvalue weighted by Gasteiger charge is -2.08. The second-order valence-electron chi connectivity index (χ2n) is 5.42. The fraction of sp³-hybridized carbons (Fsp3) is 0.294. The van der Waals surface area contributed by atoms with Gasteiger partial charge in [0, 0.05) is 6.04 Å². The minimum Gasteiger partial charge on any atom is -0.484 e. The van der Waals surface area contributed by atoms with E-state index in [9.17, 15) is 9.59 Å². The summed E-state index contributed by atoms with van der Waals surface area (Å²) in [6.07, 6.45) is 2.07. The highest BCUT2D eigenvalue weighted by Crippen LogP contribution is 2.20. The van der Waals surface area contributed by atoms with Crippen molar-refractivity contribution in [3.8, 4) is 5.75 Å². The van der Waals surface area contributed by atoms with Gasteiger partial charge in [-0.2, -0.15) is 0 Å². The second kappa shape index (κ2) is 6.47. The lowest BCUT2D eigenvalue weighted by molar-refractivity contribution is -0.127. The summed E-state index contributed by atoms with van der Waals surface area (Å²) < 4.78 is 5.46. The molecule has 114 valence electrons. The van der Waals surface area contributed by atoms with Crippen LogP contribution >= 0.6 is 0 Å². The van der Waals surface area contributed by atoms with Crippen LogP contribution in [0.4, 0.5) is 0 Å². The molecule has 2 aromatic rings. The van der Waals surface area contributed by atoms with Crippen LogP contribution in [0.5, 0.6) is 5.75 Å². The van der Waals surface area contributed by atoms with Crippen LogP contribution in [0.2, 0.25) is 0 Å². The van der Waals surface area contributed by atoms with E-state index < -0.39 is 0 Å². The lowest BCUT2D eigenvalue weighted by atomic mass is 10.1. The number of ether oxygens (including phenoxy) is 1. The minimum atomic E-state index is -0.306. The van der Waals surface area contributed by atoms with E-state index in [0.717, 1.165) is 23.6 Å². The van der Waals surface area contributed by atoms with Crippen molar-refractivity contribution in [2.45, 2.75) is 18.9 Å². The first-order valence-electron chi connectivity index (χ1n) is 7.38.